The molecule has 1 atom stereocenters. The Bertz CT molecular complexity index is 274. The fourth-order valence-corrected chi connectivity index (χ4v) is 2.14. The third-order valence-corrected chi connectivity index (χ3v) is 3.05. The first-order valence-corrected chi connectivity index (χ1v) is 6.17. The molecule has 0 heterocycles. The third-order valence-electron chi connectivity index (χ3n) is 1.31. The normalized spacial score (nSPS) is 14.0. The van der Waals surface area contributed by atoms with Crippen molar-refractivity contribution in [3.8, 4) is 6.07 Å². The van der Waals surface area contributed by atoms with Crippen molar-refractivity contribution in [2.45, 2.75) is 26.9 Å². The minimum Gasteiger partial charge on any atom is -0.287 e. The van der Waals surface area contributed by atoms with Crippen molar-refractivity contribution in [2.75, 3.05) is 13.2 Å². The molecule has 86 valence electrons. The first kappa shape index (κ1) is 14.3. The van der Waals surface area contributed by atoms with E-state index < -0.39 is 13.9 Å². The van der Waals surface area contributed by atoms with Gasteiger partial charge in [0.2, 0.25) is 0 Å². The molecule has 0 saturated carbocycles. The highest BCUT2D eigenvalue weighted by Gasteiger charge is 2.27. The second-order valence-electron chi connectivity index (χ2n) is 2.58. The Labute approximate surface area is 90.3 Å². The number of phosphoric ester groups is 1. The van der Waals surface area contributed by atoms with Crippen molar-refractivity contribution < 1.29 is 18.1 Å². The number of hydrogen-bond acceptors (Lipinski definition) is 5. The van der Waals surface area contributed by atoms with Gasteiger partial charge in [0.05, 0.1) is 25.4 Å². The average molecular weight is 233 g/mol. The second-order valence-corrected chi connectivity index (χ2v) is 4.20. The lowest BCUT2D eigenvalue weighted by Crippen LogP contribution is -2.07. The molecule has 0 rings (SSSR count). The van der Waals surface area contributed by atoms with E-state index in [9.17, 15) is 4.57 Å². The van der Waals surface area contributed by atoms with E-state index in [1.807, 2.05) is 6.07 Å². The molecule has 0 bridgehead atoms. The monoisotopic (exact) mass is 233 g/mol. The summed E-state index contributed by atoms with van der Waals surface area (Å²) in [6, 6.07) is 1.82. The molecular weight excluding hydrogens is 217 g/mol. The van der Waals surface area contributed by atoms with Gasteiger partial charge in [0.15, 0.2) is 0 Å². The molecule has 0 spiro atoms. The number of nitrogens with zero attached hydrogens (tertiary/aromatic N) is 1. The van der Waals surface area contributed by atoms with Crippen molar-refractivity contribution in [1.82, 2.24) is 0 Å². The highest BCUT2D eigenvalue weighted by molar-refractivity contribution is 7.48. The van der Waals surface area contributed by atoms with Crippen LogP contribution in [0.15, 0.2) is 12.2 Å². The van der Waals surface area contributed by atoms with Crippen LogP contribution in [-0.4, -0.2) is 19.3 Å². The summed E-state index contributed by atoms with van der Waals surface area (Å²) < 4.78 is 26.7. The zero-order valence-corrected chi connectivity index (χ0v) is 10.1. The Hall–Kier alpha value is -0.660. The maximum Gasteiger partial charge on any atom is 0.475 e. The van der Waals surface area contributed by atoms with Gasteiger partial charge in [-0.25, -0.2) is 4.57 Å². The molecule has 6 heteroatoms. The molecule has 0 aromatic heterocycles. The van der Waals surface area contributed by atoms with Crippen LogP contribution in [0.25, 0.3) is 0 Å². The summed E-state index contributed by atoms with van der Waals surface area (Å²) in [6.07, 6.45) is 2.24. The average Bonchev–Trinajstić information content (AvgIpc) is 2.15. The lowest BCUT2D eigenvalue weighted by molar-refractivity contribution is 0.106. The summed E-state index contributed by atoms with van der Waals surface area (Å²) in [5.41, 5.74) is 0. The number of allylic oxidation sites excluding steroid dienone is 1. The first-order valence-electron chi connectivity index (χ1n) is 4.71. The zero-order chi connectivity index (χ0) is 11.7. The van der Waals surface area contributed by atoms with Crippen molar-refractivity contribution in [1.29, 1.82) is 5.26 Å². The highest BCUT2D eigenvalue weighted by Crippen LogP contribution is 2.50. The molecule has 15 heavy (non-hydrogen) atoms. The van der Waals surface area contributed by atoms with Crippen LogP contribution in [0.3, 0.4) is 0 Å². The topological polar surface area (TPSA) is 68.6 Å². The smallest absolute Gasteiger partial charge is 0.287 e. The summed E-state index contributed by atoms with van der Waals surface area (Å²) in [5.74, 6) is 0. The second kappa shape index (κ2) is 7.61. The SMILES string of the molecule is CCOP(=O)(OCC)OC(C)/C=C\C#N. The van der Waals surface area contributed by atoms with Gasteiger partial charge < -0.3 is 0 Å². The Morgan fingerprint density at radius 2 is 1.93 bits per heavy atom. The van der Waals surface area contributed by atoms with Crippen LogP contribution in [0, 0.1) is 11.3 Å². The van der Waals surface area contributed by atoms with Crippen LogP contribution >= 0.6 is 7.82 Å². The Morgan fingerprint density at radius 1 is 1.40 bits per heavy atom. The summed E-state index contributed by atoms with van der Waals surface area (Å²) in [7, 11) is -3.48. The molecule has 0 aliphatic carbocycles. The molecule has 0 saturated heterocycles. The van der Waals surface area contributed by atoms with Gasteiger partial charge in [-0.05, 0) is 26.8 Å². The predicted octanol–water partition coefficient (Wildman–Crippen LogP) is 2.65. The minimum atomic E-state index is -3.48. The van der Waals surface area contributed by atoms with Crippen LogP contribution in [-0.2, 0) is 18.1 Å². The molecular formula is C9H16NO4P. The van der Waals surface area contributed by atoms with E-state index in [0.29, 0.717) is 0 Å². The molecule has 0 amide bonds. The fraction of sp³-hybridized carbons (Fsp3) is 0.667. The highest BCUT2D eigenvalue weighted by atomic mass is 31.2. The maximum absolute atomic E-state index is 11.8. The number of rotatable bonds is 7. The van der Waals surface area contributed by atoms with Crippen LogP contribution in [0.1, 0.15) is 20.8 Å². The van der Waals surface area contributed by atoms with Crippen LogP contribution in [0.5, 0.6) is 0 Å². The van der Waals surface area contributed by atoms with E-state index in [4.69, 9.17) is 18.8 Å². The summed E-state index contributed by atoms with van der Waals surface area (Å²) >= 11 is 0. The Morgan fingerprint density at radius 3 is 2.33 bits per heavy atom. The van der Waals surface area contributed by atoms with E-state index >= 15 is 0 Å². The largest absolute Gasteiger partial charge is 0.475 e. The van der Waals surface area contributed by atoms with Crippen LogP contribution in [0.2, 0.25) is 0 Å². The third kappa shape index (κ3) is 6.43. The van der Waals surface area contributed by atoms with E-state index in [-0.39, 0.29) is 13.2 Å². The Kier molecular flexibility index (Phi) is 7.27. The molecule has 0 aromatic rings. The molecule has 1 unspecified atom stereocenters. The molecule has 0 aliphatic heterocycles. The van der Waals surface area contributed by atoms with Gasteiger partial charge in [-0.3, -0.25) is 13.6 Å². The summed E-state index contributed by atoms with van der Waals surface area (Å²) in [4.78, 5) is 0. The van der Waals surface area contributed by atoms with Crippen molar-refractivity contribution in [3.63, 3.8) is 0 Å². The summed E-state index contributed by atoms with van der Waals surface area (Å²) in [5, 5.41) is 8.30. The van der Waals surface area contributed by atoms with Crippen LogP contribution < -0.4 is 0 Å². The van der Waals surface area contributed by atoms with Gasteiger partial charge in [-0.15, -0.1) is 0 Å². The summed E-state index contributed by atoms with van der Waals surface area (Å²) in [6.45, 7) is 5.53. The van der Waals surface area contributed by atoms with Gasteiger partial charge in [0.1, 0.15) is 0 Å². The lowest BCUT2D eigenvalue weighted by Gasteiger charge is -2.18. The van der Waals surface area contributed by atoms with E-state index in [0.717, 1.165) is 0 Å². The van der Waals surface area contributed by atoms with Gasteiger partial charge in [-0.2, -0.15) is 5.26 Å². The number of phosphoric acid groups is 1. The molecule has 0 radical (unpaired) electrons. The molecule has 0 N–H and O–H groups in total. The van der Waals surface area contributed by atoms with Crippen molar-refractivity contribution >= 4 is 7.82 Å². The van der Waals surface area contributed by atoms with Gasteiger partial charge >= 0.3 is 7.82 Å². The number of nitriles is 1. The minimum absolute atomic E-state index is 0.242. The quantitative estimate of drug-likeness (QED) is 0.499. The van der Waals surface area contributed by atoms with E-state index in [1.54, 1.807) is 20.8 Å². The molecule has 0 fully saturated rings. The van der Waals surface area contributed by atoms with Gasteiger partial charge in [-0.1, -0.05) is 0 Å². The van der Waals surface area contributed by atoms with E-state index in [1.165, 1.54) is 12.2 Å². The van der Waals surface area contributed by atoms with Gasteiger partial charge in [0, 0.05) is 6.08 Å². The van der Waals surface area contributed by atoms with Gasteiger partial charge in [0.25, 0.3) is 0 Å². The molecule has 0 aliphatic rings. The predicted molar refractivity (Wildman–Crippen MR) is 56.2 cm³/mol. The standard InChI is InChI=1S/C9H16NO4P/c1-4-12-15(11,13-5-2)14-9(3)7-6-8-10/h6-7,9H,4-5H2,1-3H3/b7-6-. The number of hydrogen-bond donors (Lipinski definition) is 0. The van der Waals surface area contributed by atoms with Crippen LogP contribution in [0.4, 0.5) is 0 Å². The fourth-order valence-electron chi connectivity index (χ4n) is 0.832. The molecule has 0 aromatic carbocycles. The van der Waals surface area contributed by atoms with Crippen molar-refractivity contribution in [3.05, 3.63) is 12.2 Å². The van der Waals surface area contributed by atoms with E-state index in [2.05, 4.69) is 0 Å². The Balaban J connectivity index is 4.34. The van der Waals surface area contributed by atoms with Crippen molar-refractivity contribution in [2.24, 2.45) is 0 Å². The first-order chi connectivity index (χ1) is 7.08. The maximum atomic E-state index is 11.8. The lowest BCUT2D eigenvalue weighted by atomic mass is 10.4. The molecule has 5 nitrogen and oxygen atoms in total. The zero-order valence-electron chi connectivity index (χ0n) is 9.17.